The first-order valence-electron chi connectivity index (χ1n) is 12.1. The number of ether oxygens (including phenoxy) is 5. The number of esters is 3. The molecule has 0 unspecified atom stereocenters. The molecule has 2 aromatic rings. The highest BCUT2D eigenvalue weighted by atomic mass is 16.6. The summed E-state index contributed by atoms with van der Waals surface area (Å²) in [4.78, 5) is 37.4. The lowest BCUT2D eigenvalue weighted by molar-refractivity contribution is -0.204. The SMILES string of the molecule is COC(=O)[C@]1(O)C[C@H](OC(=O)C=Cc2cc(OC)c(O)c(OC)c2)[C@@H](O)[C@H](OC(=O)C=Cc2ccc(O)c(O)c2)C1. The summed E-state index contributed by atoms with van der Waals surface area (Å²) in [5, 5.41) is 50.8. The highest BCUT2D eigenvalue weighted by Gasteiger charge is 2.52. The van der Waals surface area contributed by atoms with Crippen LogP contribution in [0.4, 0.5) is 0 Å². The van der Waals surface area contributed by atoms with Crippen molar-refractivity contribution in [2.24, 2.45) is 0 Å². The first-order chi connectivity index (χ1) is 19.4. The van der Waals surface area contributed by atoms with Crippen molar-refractivity contribution in [3.05, 3.63) is 53.6 Å². The molecule has 1 fully saturated rings. The molecule has 1 aliphatic rings. The van der Waals surface area contributed by atoms with Crippen molar-refractivity contribution in [3.8, 4) is 28.7 Å². The molecule has 0 aromatic heterocycles. The minimum Gasteiger partial charge on any atom is -0.504 e. The summed E-state index contributed by atoms with van der Waals surface area (Å²) >= 11 is 0. The van der Waals surface area contributed by atoms with Crippen molar-refractivity contribution >= 4 is 30.1 Å². The van der Waals surface area contributed by atoms with Crippen LogP contribution in [0, 0.1) is 0 Å². The lowest BCUT2D eigenvalue weighted by atomic mass is 9.79. The predicted molar refractivity (Wildman–Crippen MR) is 141 cm³/mol. The number of hydrogen-bond donors (Lipinski definition) is 5. The van der Waals surface area contributed by atoms with Crippen LogP contribution in [0.15, 0.2) is 42.5 Å². The van der Waals surface area contributed by atoms with E-state index in [0.29, 0.717) is 11.1 Å². The molecule has 0 saturated heterocycles. The van der Waals surface area contributed by atoms with Gasteiger partial charge in [-0.25, -0.2) is 14.4 Å². The van der Waals surface area contributed by atoms with Crippen molar-refractivity contribution in [2.45, 2.75) is 36.8 Å². The molecule has 0 heterocycles. The Labute approximate surface area is 234 Å². The van der Waals surface area contributed by atoms with Gasteiger partial charge in [-0.05, 0) is 47.5 Å². The fourth-order valence-corrected chi connectivity index (χ4v) is 4.17. The number of phenols is 3. The van der Waals surface area contributed by atoms with Gasteiger partial charge < -0.3 is 49.2 Å². The molecular formula is C28H30O13. The van der Waals surface area contributed by atoms with Gasteiger partial charge in [-0.2, -0.15) is 0 Å². The minimum atomic E-state index is -2.25. The van der Waals surface area contributed by atoms with Crippen LogP contribution < -0.4 is 9.47 Å². The van der Waals surface area contributed by atoms with Crippen LogP contribution in [0.2, 0.25) is 0 Å². The minimum absolute atomic E-state index is 0.0872. The second kappa shape index (κ2) is 13.1. The van der Waals surface area contributed by atoms with Crippen LogP contribution in [-0.2, 0) is 28.6 Å². The van der Waals surface area contributed by atoms with E-state index >= 15 is 0 Å². The average Bonchev–Trinajstić information content (AvgIpc) is 2.95. The van der Waals surface area contributed by atoms with E-state index in [1.807, 2.05) is 0 Å². The van der Waals surface area contributed by atoms with Gasteiger partial charge in [0.15, 0.2) is 28.6 Å². The van der Waals surface area contributed by atoms with Crippen LogP contribution >= 0.6 is 0 Å². The first-order valence-corrected chi connectivity index (χ1v) is 12.1. The largest absolute Gasteiger partial charge is 0.504 e. The fraction of sp³-hybridized carbons (Fsp3) is 0.321. The van der Waals surface area contributed by atoms with Crippen LogP contribution in [0.3, 0.4) is 0 Å². The lowest BCUT2D eigenvalue weighted by Crippen LogP contribution is -2.58. The molecule has 1 saturated carbocycles. The van der Waals surface area contributed by atoms with Gasteiger partial charge in [-0.1, -0.05) is 6.07 Å². The Bertz CT molecular complexity index is 1320. The van der Waals surface area contributed by atoms with E-state index in [0.717, 1.165) is 19.3 Å². The Morgan fingerprint density at radius 3 is 1.78 bits per heavy atom. The summed E-state index contributed by atoms with van der Waals surface area (Å²) < 4.78 is 25.4. The molecular weight excluding hydrogens is 544 g/mol. The van der Waals surface area contributed by atoms with E-state index in [4.69, 9.17) is 18.9 Å². The van der Waals surface area contributed by atoms with Gasteiger partial charge in [0, 0.05) is 25.0 Å². The molecule has 0 spiro atoms. The van der Waals surface area contributed by atoms with E-state index in [1.165, 1.54) is 56.7 Å². The topological polar surface area (TPSA) is 199 Å². The number of rotatable bonds is 9. The first kappa shape index (κ1) is 30.8. The number of aliphatic hydroxyl groups excluding tert-OH is 1. The standard InChI is InChI=1S/C28H30O13/c1-37-19-11-16(12-20(38-2)25(19)33)6-9-24(32)41-22-14-28(36,27(35)39-3)13-21(26(22)34)40-23(31)8-5-15-4-7-17(29)18(30)10-15/h4-12,21-22,26,29-30,33-34,36H,13-14H2,1-3H3/t21-,22+,26+,28-/m1/s1. The third-order valence-electron chi connectivity index (χ3n) is 6.27. The molecule has 0 aliphatic heterocycles. The highest BCUT2D eigenvalue weighted by Crippen LogP contribution is 2.38. The summed E-state index contributed by atoms with van der Waals surface area (Å²) in [6, 6.07) is 6.67. The van der Waals surface area contributed by atoms with E-state index in [-0.39, 0.29) is 23.0 Å². The van der Waals surface area contributed by atoms with Gasteiger partial charge in [0.05, 0.1) is 21.3 Å². The summed E-state index contributed by atoms with van der Waals surface area (Å²) in [5.74, 6) is -3.85. The summed E-state index contributed by atoms with van der Waals surface area (Å²) in [6.07, 6.45) is -1.13. The molecule has 41 heavy (non-hydrogen) atoms. The quantitative estimate of drug-likeness (QED) is 0.125. The van der Waals surface area contributed by atoms with Gasteiger partial charge in [0.2, 0.25) is 5.75 Å². The summed E-state index contributed by atoms with van der Waals surface area (Å²) in [5.41, 5.74) is -1.52. The van der Waals surface area contributed by atoms with Gasteiger partial charge in [-0.3, -0.25) is 0 Å². The Morgan fingerprint density at radius 2 is 1.32 bits per heavy atom. The maximum atomic E-state index is 12.6. The molecule has 0 amide bonds. The van der Waals surface area contributed by atoms with E-state index in [1.54, 1.807) is 0 Å². The lowest BCUT2D eigenvalue weighted by Gasteiger charge is -2.41. The second-order valence-corrected chi connectivity index (χ2v) is 9.06. The number of phenolic OH excluding ortho intramolecular Hbond substituents is 3. The maximum absolute atomic E-state index is 12.6. The monoisotopic (exact) mass is 574 g/mol. The van der Waals surface area contributed by atoms with Gasteiger partial charge in [0.25, 0.3) is 0 Å². The Hall–Kier alpha value is -4.75. The van der Waals surface area contributed by atoms with Gasteiger partial charge >= 0.3 is 17.9 Å². The summed E-state index contributed by atoms with van der Waals surface area (Å²) in [7, 11) is 3.70. The second-order valence-electron chi connectivity index (χ2n) is 9.06. The fourth-order valence-electron chi connectivity index (χ4n) is 4.17. The van der Waals surface area contributed by atoms with Crippen LogP contribution in [0.25, 0.3) is 12.2 Å². The Balaban J connectivity index is 1.76. The van der Waals surface area contributed by atoms with Crippen molar-refractivity contribution in [1.82, 2.24) is 0 Å². The van der Waals surface area contributed by atoms with Crippen molar-refractivity contribution < 1.29 is 63.6 Å². The number of methoxy groups -OCH3 is 3. The van der Waals surface area contributed by atoms with Crippen LogP contribution in [0.1, 0.15) is 24.0 Å². The van der Waals surface area contributed by atoms with E-state index < -0.39 is 60.4 Å². The smallest absolute Gasteiger partial charge is 0.338 e. The number of aromatic hydroxyl groups is 3. The third kappa shape index (κ3) is 7.47. The molecule has 2 aromatic carbocycles. The predicted octanol–water partition coefficient (Wildman–Crippen LogP) is 1.43. The van der Waals surface area contributed by atoms with Crippen LogP contribution in [-0.4, -0.2) is 88.7 Å². The molecule has 3 rings (SSSR count). The number of hydrogen-bond acceptors (Lipinski definition) is 13. The third-order valence-corrected chi connectivity index (χ3v) is 6.27. The summed E-state index contributed by atoms with van der Waals surface area (Å²) in [6.45, 7) is 0. The molecule has 0 bridgehead atoms. The van der Waals surface area contributed by atoms with Crippen molar-refractivity contribution in [2.75, 3.05) is 21.3 Å². The average molecular weight is 575 g/mol. The maximum Gasteiger partial charge on any atom is 0.338 e. The van der Waals surface area contributed by atoms with Crippen LogP contribution in [0.5, 0.6) is 28.7 Å². The molecule has 0 radical (unpaired) electrons. The Kier molecular flexibility index (Phi) is 9.81. The Morgan fingerprint density at radius 1 is 0.805 bits per heavy atom. The number of carbonyl (C=O) groups is 3. The highest BCUT2D eigenvalue weighted by molar-refractivity contribution is 5.88. The molecule has 13 nitrogen and oxygen atoms in total. The van der Waals surface area contributed by atoms with E-state index in [9.17, 15) is 39.9 Å². The molecule has 5 N–H and O–H groups in total. The number of aliphatic hydroxyl groups is 2. The van der Waals surface area contributed by atoms with Crippen molar-refractivity contribution in [1.29, 1.82) is 0 Å². The van der Waals surface area contributed by atoms with Gasteiger partial charge in [-0.15, -0.1) is 0 Å². The zero-order valence-corrected chi connectivity index (χ0v) is 22.3. The number of benzene rings is 2. The molecule has 4 atom stereocenters. The number of carbonyl (C=O) groups excluding carboxylic acids is 3. The zero-order chi connectivity index (χ0) is 30.3. The zero-order valence-electron chi connectivity index (χ0n) is 22.3. The molecule has 220 valence electrons. The van der Waals surface area contributed by atoms with Gasteiger partial charge in [0.1, 0.15) is 18.3 Å². The molecule has 13 heteroatoms. The van der Waals surface area contributed by atoms with Crippen molar-refractivity contribution in [3.63, 3.8) is 0 Å². The normalized spacial score (nSPS) is 22.3. The molecule has 1 aliphatic carbocycles. The van der Waals surface area contributed by atoms with E-state index in [2.05, 4.69) is 4.74 Å².